The molecule has 1 unspecified atom stereocenters. The van der Waals surface area contributed by atoms with Gasteiger partial charge in [0.25, 0.3) is 0 Å². The smallest absolute Gasteiger partial charge is 0.200 e. The van der Waals surface area contributed by atoms with E-state index >= 15 is 0 Å². The lowest BCUT2D eigenvalue weighted by molar-refractivity contribution is 0.329. The third kappa shape index (κ3) is 3.28. The first-order chi connectivity index (χ1) is 10.6. The molecule has 0 heterocycles. The van der Waals surface area contributed by atoms with Gasteiger partial charge in [0, 0.05) is 5.56 Å². The molecule has 0 spiro atoms. The van der Waals surface area contributed by atoms with E-state index in [1.54, 1.807) is 24.3 Å². The van der Waals surface area contributed by atoms with Crippen molar-refractivity contribution in [2.45, 2.75) is 12.1 Å². The lowest BCUT2D eigenvalue weighted by atomic mass is 9.99. The molecular weight excluding hydrogens is 313 g/mol. The maximum absolute atomic E-state index is 14.0. The van der Waals surface area contributed by atoms with Gasteiger partial charge in [0.1, 0.15) is 13.3 Å². The highest BCUT2D eigenvalue weighted by atomic mass is 35.5. The molecule has 22 heavy (non-hydrogen) atoms. The van der Waals surface area contributed by atoms with Crippen molar-refractivity contribution in [1.29, 1.82) is 0 Å². The van der Waals surface area contributed by atoms with Crippen molar-refractivity contribution < 1.29 is 17.9 Å². The van der Waals surface area contributed by atoms with Gasteiger partial charge in [-0.3, -0.25) is 0 Å². The molecule has 0 aliphatic rings. The lowest BCUT2D eigenvalue weighted by Crippen LogP contribution is -2.06. The van der Waals surface area contributed by atoms with Crippen LogP contribution in [-0.2, 0) is 6.67 Å². The normalized spacial score (nSPS) is 12.0. The van der Waals surface area contributed by atoms with Gasteiger partial charge in [-0.1, -0.05) is 43.0 Å². The van der Waals surface area contributed by atoms with Crippen LogP contribution in [0.2, 0.25) is 0 Å². The second kappa shape index (κ2) is 7.36. The Bertz CT molecular complexity index is 673. The summed E-state index contributed by atoms with van der Waals surface area (Å²) in [6.07, 6.45) is 1.41. The van der Waals surface area contributed by atoms with Crippen LogP contribution in [0.5, 0.6) is 5.75 Å². The van der Waals surface area contributed by atoms with Gasteiger partial charge in [0.15, 0.2) is 11.6 Å². The van der Waals surface area contributed by atoms with Gasteiger partial charge in [-0.15, -0.1) is 11.6 Å². The Hall–Kier alpha value is -1.94. The van der Waals surface area contributed by atoms with Crippen LogP contribution in [-0.4, -0.2) is 6.61 Å². The second-order valence-corrected chi connectivity index (χ2v) is 5.01. The molecule has 5 heteroatoms. The molecule has 0 saturated heterocycles. The molecule has 0 saturated carbocycles. The minimum Gasteiger partial charge on any atom is -0.486 e. The Kier molecular flexibility index (Phi) is 5.50. The first-order valence-corrected chi connectivity index (χ1v) is 7.03. The first-order valence-electron chi connectivity index (χ1n) is 6.59. The van der Waals surface area contributed by atoms with Crippen LogP contribution in [0.1, 0.15) is 22.1 Å². The summed E-state index contributed by atoms with van der Waals surface area (Å²) in [5.74, 6) is -2.44. The van der Waals surface area contributed by atoms with Crippen LogP contribution >= 0.6 is 11.6 Å². The van der Waals surface area contributed by atoms with Crippen LogP contribution in [0.25, 0.3) is 0 Å². The molecule has 1 atom stereocenters. The third-order valence-electron chi connectivity index (χ3n) is 3.17. The summed E-state index contributed by atoms with van der Waals surface area (Å²) in [6, 6.07) is 8.93. The van der Waals surface area contributed by atoms with E-state index in [-0.39, 0.29) is 17.9 Å². The van der Waals surface area contributed by atoms with Gasteiger partial charge in [0.05, 0.1) is 5.38 Å². The van der Waals surface area contributed by atoms with Crippen LogP contribution in [0.4, 0.5) is 13.2 Å². The number of hydrogen-bond acceptors (Lipinski definition) is 1. The van der Waals surface area contributed by atoms with Crippen molar-refractivity contribution in [3.63, 3.8) is 0 Å². The summed E-state index contributed by atoms with van der Waals surface area (Å²) in [6.45, 7) is 2.76. The van der Waals surface area contributed by atoms with Crippen molar-refractivity contribution >= 4 is 11.6 Å². The lowest BCUT2D eigenvalue weighted by Gasteiger charge is -2.18. The molecule has 1 nitrogen and oxygen atoms in total. The van der Waals surface area contributed by atoms with E-state index in [0.717, 1.165) is 6.07 Å². The zero-order chi connectivity index (χ0) is 16.1. The van der Waals surface area contributed by atoms with Crippen LogP contribution < -0.4 is 4.74 Å². The Morgan fingerprint density at radius 1 is 1.14 bits per heavy atom. The van der Waals surface area contributed by atoms with Crippen LogP contribution in [0.15, 0.2) is 49.1 Å². The molecule has 0 aliphatic carbocycles. The van der Waals surface area contributed by atoms with Crippen molar-refractivity contribution in [2.75, 3.05) is 6.61 Å². The van der Waals surface area contributed by atoms with E-state index < -0.39 is 23.7 Å². The topological polar surface area (TPSA) is 9.23 Å². The number of ether oxygens (including phenoxy) is 1. The second-order valence-electron chi connectivity index (χ2n) is 4.57. The Labute approximate surface area is 132 Å². The molecular formula is C17H14ClF3O. The SMILES string of the molecule is C=CCOc1c(C(Cl)c2ccccc2CF)ccc(F)c1F. The number of halogens is 4. The monoisotopic (exact) mass is 326 g/mol. The minimum absolute atomic E-state index is 0.00173. The number of hydrogen-bond donors (Lipinski definition) is 0. The van der Waals surface area contributed by atoms with E-state index in [2.05, 4.69) is 6.58 Å². The van der Waals surface area contributed by atoms with Crippen molar-refractivity contribution in [2.24, 2.45) is 0 Å². The fourth-order valence-corrected chi connectivity index (χ4v) is 2.49. The average molecular weight is 327 g/mol. The highest BCUT2D eigenvalue weighted by Gasteiger charge is 2.23. The van der Waals surface area contributed by atoms with Gasteiger partial charge in [-0.25, -0.2) is 8.78 Å². The molecule has 0 aliphatic heterocycles. The number of benzene rings is 2. The highest BCUT2D eigenvalue weighted by Crippen LogP contribution is 2.38. The van der Waals surface area contributed by atoms with Crippen LogP contribution in [0.3, 0.4) is 0 Å². The van der Waals surface area contributed by atoms with Crippen molar-refractivity contribution in [1.82, 2.24) is 0 Å². The number of alkyl halides is 2. The van der Waals surface area contributed by atoms with Crippen molar-refractivity contribution in [3.8, 4) is 5.75 Å². The molecule has 0 amide bonds. The van der Waals surface area contributed by atoms with E-state index in [4.69, 9.17) is 16.3 Å². The zero-order valence-corrected chi connectivity index (χ0v) is 12.4. The largest absolute Gasteiger partial charge is 0.486 e. The molecule has 0 radical (unpaired) electrons. The quantitative estimate of drug-likeness (QED) is 0.515. The van der Waals surface area contributed by atoms with Crippen molar-refractivity contribution in [3.05, 3.63) is 77.4 Å². The Balaban J connectivity index is 2.51. The number of rotatable bonds is 6. The van der Waals surface area contributed by atoms with Gasteiger partial charge in [-0.05, 0) is 17.2 Å². The minimum atomic E-state index is -1.12. The standard InChI is InChI=1S/C17H14ClF3O/c1-2-9-22-17-13(7-8-14(20)16(17)21)15(18)12-6-4-3-5-11(12)10-19/h2-8,15H,1,9-10H2. The van der Waals surface area contributed by atoms with E-state index in [1.807, 2.05) is 0 Å². The molecule has 0 aromatic heterocycles. The average Bonchev–Trinajstić information content (AvgIpc) is 2.55. The summed E-state index contributed by atoms with van der Waals surface area (Å²) in [4.78, 5) is 0. The summed E-state index contributed by atoms with van der Waals surface area (Å²) >= 11 is 6.36. The van der Waals surface area contributed by atoms with Gasteiger partial charge in [0.2, 0.25) is 5.82 Å². The highest BCUT2D eigenvalue weighted by molar-refractivity contribution is 6.23. The molecule has 0 N–H and O–H groups in total. The van der Waals surface area contributed by atoms with Gasteiger partial charge in [-0.2, -0.15) is 4.39 Å². The van der Waals surface area contributed by atoms with E-state index in [0.29, 0.717) is 11.1 Å². The molecule has 2 aromatic carbocycles. The van der Waals surface area contributed by atoms with E-state index in [1.165, 1.54) is 12.1 Å². The maximum atomic E-state index is 14.0. The molecule has 0 fully saturated rings. The predicted molar refractivity (Wildman–Crippen MR) is 81.0 cm³/mol. The summed E-state index contributed by atoms with van der Waals surface area (Å²) in [5, 5.41) is -0.859. The summed E-state index contributed by atoms with van der Waals surface area (Å²) in [7, 11) is 0. The fourth-order valence-electron chi connectivity index (χ4n) is 2.11. The maximum Gasteiger partial charge on any atom is 0.200 e. The van der Waals surface area contributed by atoms with Crippen LogP contribution in [0, 0.1) is 11.6 Å². The summed E-state index contributed by atoms with van der Waals surface area (Å²) < 4.78 is 45.7. The van der Waals surface area contributed by atoms with Gasteiger partial charge >= 0.3 is 0 Å². The van der Waals surface area contributed by atoms with Gasteiger partial charge < -0.3 is 4.74 Å². The summed E-state index contributed by atoms with van der Waals surface area (Å²) in [5.41, 5.74) is 1.12. The fraction of sp³-hybridized carbons (Fsp3) is 0.176. The molecule has 116 valence electrons. The van der Waals surface area contributed by atoms with E-state index in [9.17, 15) is 13.2 Å². The predicted octanol–water partition coefficient (Wildman–Crippen LogP) is 5.33. The molecule has 2 rings (SSSR count). The Morgan fingerprint density at radius 3 is 2.55 bits per heavy atom. The Morgan fingerprint density at radius 2 is 1.86 bits per heavy atom. The zero-order valence-electron chi connectivity index (χ0n) is 11.7. The molecule has 2 aromatic rings. The first kappa shape index (κ1) is 16.4. The molecule has 0 bridgehead atoms. The third-order valence-corrected chi connectivity index (χ3v) is 3.64.